The molecule has 1 aromatic rings. The molecule has 1 fully saturated rings. The van der Waals surface area contributed by atoms with Crippen molar-refractivity contribution in [2.75, 3.05) is 32.2 Å². The van der Waals surface area contributed by atoms with Gasteiger partial charge in [0.05, 0.1) is 13.2 Å². The number of benzene rings is 1. The molecule has 0 aromatic heterocycles. The Morgan fingerprint density at radius 1 is 1.58 bits per heavy atom. The van der Waals surface area contributed by atoms with Gasteiger partial charge in [-0.25, -0.2) is 0 Å². The zero-order chi connectivity index (χ0) is 13.8. The van der Waals surface area contributed by atoms with Crippen molar-refractivity contribution in [2.45, 2.75) is 12.5 Å². The fraction of sp³-hybridized carbons (Fsp3) is 0.500. The van der Waals surface area contributed by atoms with Crippen LogP contribution in [0.4, 0.5) is 0 Å². The van der Waals surface area contributed by atoms with Crippen molar-refractivity contribution < 1.29 is 9.53 Å². The summed E-state index contributed by atoms with van der Waals surface area (Å²) in [6.45, 7) is 0.966. The minimum Gasteiger partial charge on any atom is -0.496 e. The predicted octanol–water partition coefficient (Wildman–Crippen LogP) is 2.51. The monoisotopic (exact) mass is 299 g/mol. The minimum atomic E-state index is 0.00226. The second-order valence-corrected chi connectivity index (χ2v) is 6.26. The second kappa shape index (κ2) is 6.64. The zero-order valence-corrected chi connectivity index (χ0v) is 12.8. The van der Waals surface area contributed by atoms with Gasteiger partial charge in [-0.3, -0.25) is 9.69 Å². The third-order valence-corrected chi connectivity index (χ3v) is 4.63. The Morgan fingerprint density at radius 2 is 2.37 bits per heavy atom. The normalized spacial score (nSPS) is 20.3. The van der Waals surface area contributed by atoms with Crippen LogP contribution in [0.1, 0.15) is 5.56 Å². The number of thioether (sulfide) groups is 1. The largest absolute Gasteiger partial charge is 0.496 e. The molecule has 3 nitrogen and oxygen atoms in total. The first-order chi connectivity index (χ1) is 9.11. The molecule has 0 bridgehead atoms. The van der Waals surface area contributed by atoms with E-state index in [1.54, 1.807) is 13.2 Å². The quantitative estimate of drug-likeness (QED) is 0.854. The summed E-state index contributed by atoms with van der Waals surface area (Å²) in [5.41, 5.74) is 0.865. The molecular weight excluding hydrogens is 282 g/mol. The molecule has 1 atom stereocenters. The summed E-state index contributed by atoms with van der Waals surface area (Å²) in [6, 6.07) is 5.40. The van der Waals surface area contributed by atoms with E-state index in [2.05, 4.69) is 4.90 Å². The Balaban J connectivity index is 2.11. The van der Waals surface area contributed by atoms with Gasteiger partial charge in [-0.15, -0.1) is 0 Å². The highest BCUT2D eigenvalue weighted by molar-refractivity contribution is 7.99. The maximum atomic E-state index is 12.4. The number of carbonyl (C=O) groups excluding carboxylic acids is 1. The fourth-order valence-corrected chi connectivity index (χ4v) is 3.66. The van der Waals surface area contributed by atoms with Crippen LogP contribution in [0, 0.1) is 0 Å². The molecule has 1 aliphatic rings. The molecule has 104 valence electrons. The molecule has 0 amide bonds. The van der Waals surface area contributed by atoms with E-state index >= 15 is 0 Å². The average molecular weight is 300 g/mol. The lowest BCUT2D eigenvalue weighted by atomic mass is 10.0. The molecule has 0 saturated carbocycles. The Bertz CT molecular complexity index is 467. The number of ketones is 1. The molecule has 1 aromatic carbocycles. The molecular formula is C14H18ClNO2S. The molecule has 19 heavy (non-hydrogen) atoms. The lowest BCUT2D eigenvalue weighted by Gasteiger charge is -2.31. The van der Waals surface area contributed by atoms with Gasteiger partial charge >= 0.3 is 0 Å². The smallest absolute Gasteiger partial charge is 0.155 e. The van der Waals surface area contributed by atoms with Crippen LogP contribution in [0.3, 0.4) is 0 Å². The standard InChI is InChI=1S/C14H18ClNO2S/c1-16-5-6-19-9-12(16)13(17)8-10-7-11(15)3-4-14(10)18-2/h3-4,7,12H,5-6,8-9H2,1-2H3. The van der Waals surface area contributed by atoms with Crippen molar-refractivity contribution in [3.05, 3.63) is 28.8 Å². The second-order valence-electron chi connectivity index (χ2n) is 4.67. The van der Waals surface area contributed by atoms with Crippen molar-refractivity contribution in [1.29, 1.82) is 0 Å². The van der Waals surface area contributed by atoms with Gasteiger partial charge in [0.1, 0.15) is 5.75 Å². The van der Waals surface area contributed by atoms with E-state index in [0.717, 1.165) is 29.4 Å². The van der Waals surface area contributed by atoms with E-state index in [1.807, 2.05) is 30.9 Å². The van der Waals surface area contributed by atoms with E-state index in [1.165, 1.54) is 0 Å². The summed E-state index contributed by atoms with van der Waals surface area (Å²) < 4.78 is 5.29. The number of methoxy groups -OCH3 is 1. The predicted molar refractivity (Wildman–Crippen MR) is 80.5 cm³/mol. The van der Waals surface area contributed by atoms with Crippen LogP contribution >= 0.6 is 23.4 Å². The molecule has 1 aliphatic heterocycles. The van der Waals surface area contributed by atoms with E-state index in [-0.39, 0.29) is 11.8 Å². The maximum absolute atomic E-state index is 12.4. The summed E-state index contributed by atoms with van der Waals surface area (Å²) in [5.74, 6) is 2.93. The van der Waals surface area contributed by atoms with Crippen LogP contribution in [0.5, 0.6) is 5.75 Å². The number of hydrogen-bond donors (Lipinski definition) is 0. The SMILES string of the molecule is COc1ccc(Cl)cc1CC(=O)C1CSCCN1C. The summed E-state index contributed by atoms with van der Waals surface area (Å²) in [6.07, 6.45) is 0.374. The number of Topliss-reactive ketones (excluding diaryl/α,β-unsaturated/α-hetero) is 1. The van der Waals surface area contributed by atoms with Crippen molar-refractivity contribution >= 4 is 29.1 Å². The number of halogens is 1. The summed E-state index contributed by atoms with van der Waals surface area (Å²) in [4.78, 5) is 14.5. The zero-order valence-electron chi connectivity index (χ0n) is 11.2. The van der Waals surface area contributed by atoms with Gasteiger partial charge in [-0.2, -0.15) is 11.8 Å². The highest BCUT2D eigenvalue weighted by atomic mass is 35.5. The minimum absolute atomic E-state index is 0.00226. The molecule has 0 N–H and O–H groups in total. The van der Waals surface area contributed by atoms with Crippen LogP contribution in [-0.4, -0.2) is 48.9 Å². The summed E-state index contributed by atoms with van der Waals surface area (Å²) in [5, 5.41) is 0.634. The lowest BCUT2D eigenvalue weighted by molar-refractivity contribution is -0.122. The van der Waals surface area contributed by atoms with Crippen molar-refractivity contribution in [1.82, 2.24) is 4.90 Å². The van der Waals surface area contributed by atoms with Gasteiger partial charge in [0.25, 0.3) is 0 Å². The Kier molecular flexibility index (Phi) is 5.13. The average Bonchev–Trinajstić information content (AvgIpc) is 2.39. The van der Waals surface area contributed by atoms with Crippen LogP contribution in [0.2, 0.25) is 5.02 Å². The molecule has 1 unspecified atom stereocenters. The maximum Gasteiger partial charge on any atom is 0.155 e. The van der Waals surface area contributed by atoms with E-state index < -0.39 is 0 Å². The lowest BCUT2D eigenvalue weighted by Crippen LogP contribution is -2.45. The first-order valence-corrected chi connectivity index (χ1v) is 7.78. The van der Waals surface area contributed by atoms with Crippen molar-refractivity contribution in [2.24, 2.45) is 0 Å². The van der Waals surface area contributed by atoms with Gasteiger partial charge in [0.15, 0.2) is 5.78 Å². The molecule has 0 spiro atoms. The fourth-order valence-electron chi connectivity index (χ4n) is 2.22. The molecule has 1 saturated heterocycles. The third-order valence-electron chi connectivity index (χ3n) is 3.37. The highest BCUT2D eigenvalue weighted by Crippen LogP contribution is 2.25. The molecule has 2 rings (SSSR count). The number of ether oxygens (including phenoxy) is 1. The molecule has 0 radical (unpaired) electrons. The topological polar surface area (TPSA) is 29.5 Å². The molecule has 0 aliphatic carbocycles. The Labute approximate surface area is 123 Å². The molecule has 1 heterocycles. The van der Waals surface area contributed by atoms with Gasteiger partial charge in [0, 0.05) is 35.1 Å². The Morgan fingerprint density at radius 3 is 3.05 bits per heavy atom. The third kappa shape index (κ3) is 3.65. The Hall–Kier alpha value is -0.710. The van der Waals surface area contributed by atoms with Crippen LogP contribution < -0.4 is 4.74 Å². The van der Waals surface area contributed by atoms with Gasteiger partial charge in [-0.05, 0) is 25.2 Å². The van der Waals surface area contributed by atoms with Gasteiger partial charge < -0.3 is 4.74 Å². The van der Waals surface area contributed by atoms with Crippen molar-refractivity contribution in [3.8, 4) is 5.75 Å². The first kappa shape index (κ1) is 14.7. The van der Waals surface area contributed by atoms with E-state index in [0.29, 0.717) is 11.4 Å². The van der Waals surface area contributed by atoms with E-state index in [9.17, 15) is 4.79 Å². The molecule has 5 heteroatoms. The number of hydrogen-bond acceptors (Lipinski definition) is 4. The van der Waals surface area contributed by atoms with Crippen LogP contribution in [0.15, 0.2) is 18.2 Å². The first-order valence-electron chi connectivity index (χ1n) is 6.25. The van der Waals surface area contributed by atoms with Crippen molar-refractivity contribution in [3.63, 3.8) is 0 Å². The number of carbonyl (C=O) groups is 1. The van der Waals surface area contributed by atoms with Gasteiger partial charge in [-0.1, -0.05) is 11.6 Å². The highest BCUT2D eigenvalue weighted by Gasteiger charge is 2.26. The summed E-state index contributed by atoms with van der Waals surface area (Å²) in [7, 11) is 3.62. The van der Waals surface area contributed by atoms with Gasteiger partial charge in [0.2, 0.25) is 0 Å². The van der Waals surface area contributed by atoms with Crippen LogP contribution in [-0.2, 0) is 11.2 Å². The summed E-state index contributed by atoms with van der Waals surface area (Å²) >= 11 is 7.83. The number of likely N-dealkylation sites (N-methyl/N-ethyl adjacent to an activating group) is 1. The number of nitrogens with zero attached hydrogens (tertiary/aromatic N) is 1. The number of rotatable bonds is 4. The van der Waals surface area contributed by atoms with E-state index in [4.69, 9.17) is 16.3 Å². The van der Waals surface area contributed by atoms with Crippen LogP contribution in [0.25, 0.3) is 0 Å².